The Morgan fingerprint density at radius 1 is 0.694 bits per heavy atom. The zero-order valence-electron chi connectivity index (χ0n) is 21.1. The zero-order chi connectivity index (χ0) is 25.7. The number of hydrogen-bond acceptors (Lipinski definition) is 1. The monoisotopic (exact) mass is 498 g/mol. The predicted molar refractivity (Wildman–Crippen MR) is 137 cm³/mol. The van der Waals surface area contributed by atoms with Crippen molar-refractivity contribution in [3.8, 4) is 22.3 Å². The lowest BCUT2D eigenvalue weighted by atomic mass is 9.88. The second-order valence-electron chi connectivity index (χ2n) is 9.90. The summed E-state index contributed by atoms with van der Waals surface area (Å²) in [6.07, 6.45) is 9.00. The van der Waals surface area contributed by atoms with E-state index in [0.29, 0.717) is 23.3 Å². The van der Waals surface area contributed by atoms with Gasteiger partial charge in [-0.1, -0.05) is 87.6 Å². The number of ether oxygens (including phenoxy) is 1. The number of benzene rings is 3. The van der Waals surface area contributed by atoms with E-state index in [2.05, 4.69) is 6.92 Å². The summed E-state index contributed by atoms with van der Waals surface area (Å²) in [4.78, 5) is 0. The van der Waals surface area contributed by atoms with Gasteiger partial charge in [0.25, 0.3) is 0 Å². The first-order valence-corrected chi connectivity index (χ1v) is 13.1. The molecule has 0 radical (unpaired) electrons. The largest absolute Gasteiger partial charge is 0.378 e. The summed E-state index contributed by atoms with van der Waals surface area (Å²) in [5, 5.41) is 0. The highest BCUT2D eigenvalue weighted by molar-refractivity contribution is 5.71. The first kappa shape index (κ1) is 26.4. The molecule has 5 heteroatoms. The molecule has 0 aromatic heterocycles. The van der Waals surface area contributed by atoms with Gasteiger partial charge in [-0.15, -0.1) is 0 Å². The van der Waals surface area contributed by atoms with E-state index in [1.807, 2.05) is 0 Å². The molecule has 1 fully saturated rings. The third-order valence-corrected chi connectivity index (χ3v) is 7.33. The van der Waals surface area contributed by atoms with Gasteiger partial charge in [-0.3, -0.25) is 0 Å². The number of hydrogen-bond donors (Lipinski definition) is 0. The van der Waals surface area contributed by atoms with E-state index in [1.165, 1.54) is 44.7 Å². The summed E-state index contributed by atoms with van der Waals surface area (Å²) < 4.78 is 64.5. The van der Waals surface area contributed by atoms with Crippen LogP contribution in [0.25, 0.3) is 22.3 Å². The Labute approximate surface area is 211 Å². The summed E-state index contributed by atoms with van der Waals surface area (Å²) in [6, 6.07) is 12.6. The fourth-order valence-corrected chi connectivity index (χ4v) is 5.06. The second kappa shape index (κ2) is 12.1. The van der Waals surface area contributed by atoms with E-state index in [-0.39, 0.29) is 28.7 Å². The molecule has 3 aromatic rings. The molecular weight excluding hydrogens is 464 g/mol. The van der Waals surface area contributed by atoms with Crippen LogP contribution < -0.4 is 0 Å². The van der Waals surface area contributed by atoms with Crippen LogP contribution in [0.15, 0.2) is 48.5 Å². The third kappa shape index (κ3) is 5.83. The van der Waals surface area contributed by atoms with Crippen molar-refractivity contribution >= 4 is 0 Å². The van der Waals surface area contributed by atoms with Gasteiger partial charge in [0.2, 0.25) is 0 Å². The molecule has 0 saturated carbocycles. The lowest BCUT2D eigenvalue weighted by Gasteiger charge is -2.30. The molecule has 2 atom stereocenters. The molecule has 4 rings (SSSR count). The van der Waals surface area contributed by atoms with E-state index in [1.54, 1.807) is 36.4 Å². The van der Waals surface area contributed by atoms with Crippen LogP contribution >= 0.6 is 0 Å². The van der Waals surface area contributed by atoms with E-state index in [4.69, 9.17) is 4.74 Å². The van der Waals surface area contributed by atoms with Crippen LogP contribution in [0.4, 0.5) is 17.6 Å². The molecule has 3 aromatic carbocycles. The Kier molecular flexibility index (Phi) is 8.84. The van der Waals surface area contributed by atoms with Gasteiger partial charge in [-0.2, -0.15) is 0 Å². The van der Waals surface area contributed by atoms with Gasteiger partial charge in [-0.05, 0) is 48.4 Å². The minimum atomic E-state index is -0.919. The number of unbranched alkanes of at least 4 members (excludes halogenated alkanes) is 4. The van der Waals surface area contributed by atoms with Crippen LogP contribution in [0, 0.1) is 30.2 Å². The van der Waals surface area contributed by atoms with Crippen molar-refractivity contribution in [1.82, 2.24) is 0 Å². The van der Waals surface area contributed by atoms with Gasteiger partial charge < -0.3 is 4.74 Å². The molecule has 1 heterocycles. The second-order valence-corrected chi connectivity index (χ2v) is 9.90. The van der Waals surface area contributed by atoms with Crippen molar-refractivity contribution in [3.05, 3.63) is 82.9 Å². The molecule has 0 spiro atoms. The standard InChI is InChI=1S/C31H34F4O/c1-3-4-5-6-7-8-24-15-14-23(19-36-24)27-18-17-26(30(34)31(27)35)22-12-10-21(11-13-22)25-16-9-20(2)28(32)29(25)33/h9-13,16-18,23-24H,3-8,14-15,19H2,1-2H3. The maximum Gasteiger partial charge on any atom is 0.166 e. The molecule has 36 heavy (non-hydrogen) atoms. The minimum Gasteiger partial charge on any atom is -0.378 e. The Morgan fingerprint density at radius 3 is 1.92 bits per heavy atom. The molecule has 0 N–H and O–H groups in total. The molecule has 0 aliphatic carbocycles. The highest BCUT2D eigenvalue weighted by Crippen LogP contribution is 2.36. The van der Waals surface area contributed by atoms with Gasteiger partial charge in [0.15, 0.2) is 23.3 Å². The normalized spacial score (nSPS) is 17.9. The third-order valence-electron chi connectivity index (χ3n) is 7.33. The van der Waals surface area contributed by atoms with Gasteiger partial charge in [0.1, 0.15) is 0 Å². The SMILES string of the molecule is CCCCCCCC1CCC(c2ccc(-c3ccc(-c4ccc(C)c(F)c4F)cc3)c(F)c2F)CO1. The fraction of sp³-hybridized carbons (Fsp3) is 0.419. The lowest BCUT2D eigenvalue weighted by Crippen LogP contribution is -2.25. The van der Waals surface area contributed by atoms with Gasteiger partial charge in [0, 0.05) is 17.0 Å². The van der Waals surface area contributed by atoms with E-state index < -0.39 is 23.3 Å². The number of halogens is 4. The average molecular weight is 499 g/mol. The van der Waals surface area contributed by atoms with Crippen LogP contribution in [-0.4, -0.2) is 12.7 Å². The van der Waals surface area contributed by atoms with Gasteiger partial charge >= 0.3 is 0 Å². The fourth-order valence-electron chi connectivity index (χ4n) is 5.06. The maximum atomic E-state index is 15.1. The Bertz CT molecular complexity index is 1160. The summed E-state index contributed by atoms with van der Waals surface area (Å²) in [6.45, 7) is 4.11. The highest BCUT2D eigenvalue weighted by Gasteiger charge is 2.27. The molecule has 1 aliphatic rings. The topological polar surface area (TPSA) is 9.23 Å². The quantitative estimate of drug-likeness (QED) is 0.211. The Morgan fingerprint density at radius 2 is 1.31 bits per heavy atom. The summed E-state index contributed by atoms with van der Waals surface area (Å²) >= 11 is 0. The first-order valence-electron chi connectivity index (χ1n) is 13.1. The van der Waals surface area contributed by atoms with E-state index in [0.717, 1.165) is 25.7 Å². The highest BCUT2D eigenvalue weighted by atomic mass is 19.2. The van der Waals surface area contributed by atoms with Gasteiger partial charge in [-0.25, -0.2) is 17.6 Å². The van der Waals surface area contributed by atoms with E-state index >= 15 is 8.78 Å². The van der Waals surface area contributed by atoms with Gasteiger partial charge in [0.05, 0.1) is 12.7 Å². The van der Waals surface area contributed by atoms with Crippen molar-refractivity contribution in [1.29, 1.82) is 0 Å². The number of aryl methyl sites for hydroxylation is 1. The Balaban J connectivity index is 1.43. The van der Waals surface area contributed by atoms with Crippen molar-refractivity contribution in [2.24, 2.45) is 0 Å². The Hall–Kier alpha value is -2.66. The predicted octanol–water partition coefficient (Wildman–Crippen LogP) is 9.51. The molecule has 2 unspecified atom stereocenters. The van der Waals surface area contributed by atoms with Crippen LogP contribution in [0.3, 0.4) is 0 Å². The molecular formula is C31H34F4O. The maximum absolute atomic E-state index is 15.1. The van der Waals surface area contributed by atoms with Crippen LogP contribution in [0.5, 0.6) is 0 Å². The average Bonchev–Trinajstić information content (AvgIpc) is 2.90. The minimum absolute atomic E-state index is 0.128. The summed E-state index contributed by atoms with van der Waals surface area (Å²) in [5.74, 6) is -3.70. The molecule has 192 valence electrons. The van der Waals surface area contributed by atoms with Crippen molar-refractivity contribution in [2.45, 2.75) is 77.2 Å². The van der Waals surface area contributed by atoms with Crippen molar-refractivity contribution in [2.75, 3.05) is 6.61 Å². The smallest absolute Gasteiger partial charge is 0.166 e. The molecule has 0 bridgehead atoms. The van der Waals surface area contributed by atoms with E-state index in [9.17, 15) is 8.78 Å². The molecule has 0 amide bonds. The lowest BCUT2D eigenvalue weighted by molar-refractivity contribution is -0.00283. The molecule has 1 nitrogen and oxygen atoms in total. The van der Waals surface area contributed by atoms with Crippen molar-refractivity contribution < 1.29 is 22.3 Å². The number of rotatable bonds is 9. The zero-order valence-corrected chi connectivity index (χ0v) is 21.1. The summed E-state index contributed by atoms with van der Waals surface area (Å²) in [7, 11) is 0. The summed E-state index contributed by atoms with van der Waals surface area (Å²) in [5.41, 5.74) is 1.78. The molecule has 1 saturated heterocycles. The van der Waals surface area contributed by atoms with Crippen LogP contribution in [0.1, 0.15) is 75.3 Å². The van der Waals surface area contributed by atoms with Crippen LogP contribution in [-0.2, 0) is 4.74 Å². The van der Waals surface area contributed by atoms with Crippen LogP contribution in [0.2, 0.25) is 0 Å². The first-order chi connectivity index (χ1) is 17.4. The van der Waals surface area contributed by atoms with Crippen molar-refractivity contribution in [3.63, 3.8) is 0 Å². The molecule has 1 aliphatic heterocycles.